The minimum atomic E-state index is 0.245. The summed E-state index contributed by atoms with van der Waals surface area (Å²) in [5.41, 5.74) is 1.08. The third kappa shape index (κ3) is 3.57. The van der Waals surface area contributed by atoms with Gasteiger partial charge in [0.2, 0.25) is 0 Å². The smallest absolute Gasteiger partial charge is 0.0922 e. The summed E-state index contributed by atoms with van der Waals surface area (Å²) in [6.45, 7) is 3.15. The van der Waals surface area contributed by atoms with Crippen molar-refractivity contribution in [2.45, 2.75) is 32.4 Å². The van der Waals surface area contributed by atoms with Crippen molar-refractivity contribution in [1.29, 1.82) is 0 Å². The van der Waals surface area contributed by atoms with Crippen LogP contribution in [0.1, 0.15) is 25.5 Å². The van der Waals surface area contributed by atoms with Gasteiger partial charge in [-0.3, -0.25) is 0 Å². The summed E-state index contributed by atoms with van der Waals surface area (Å²) in [6, 6.07) is 0.397. The minimum Gasteiger partial charge on any atom is -0.396 e. The van der Waals surface area contributed by atoms with Crippen molar-refractivity contribution in [2.24, 2.45) is 0 Å². The summed E-state index contributed by atoms with van der Waals surface area (Å²) in [7, 11) is 0. The normalized spacial score (nSPS) is 13.1. The van der Waals surface area contributed by atoms with E-state index in [-0.39, 0.29) is 6.61 Å². The number of hydrogen-bond acceptors (Lipinski definition) is 3. The fraction of sp³-hybridized carbons (Fsp3) is 0.667. The van der Waals surface area contributed by atoms with E-state index in [1.165, 1.54) is 0 Å². The Kier molecular flexibility index (Phi) is 4.49. The quantitative estimate of drug-likeness (QED) is 0.607. The fourth-order valence-electron chi connectivity index (χ4n) is 1.24. The molecule has 13 heavy (non-hydrogen) atoms. The highest BCUT2D eigenvalue weighted by Gasteiger charge is 2.04. The molecule has 0 aliphatic heterocycles. The lowest BCUT2D eigenvalue weighted by Crippen LogP contribution is -2.28. The van der Waals surface area contributed by atoms with Gasteiger partial charge in [0, 0.05) is 31.1 Å². The minimum absolute atomic E-state index is 0.245. The van der Waals surface area contributed by atoms with E-state index in [1.807, 2.05) is 0 Å². The molecule has 0 saturated heterocycles. The third-order valence-corrected chi connectivity index (χ3v) is 2.11. The molecule has 0 saturated carbocycles. The van der Waals surface area contributed by atoms with Gasteiger partial charge in [0.25, 0.3) is 0 Å². The number of aromatic amines is 1. The molecule has 4 nitrogen and oxygen atoms in total. The van der Waals surface area contributed by atoms with Gasteiger partial charge < -0.3 is 15.4 Å². The first-order valence-electron chi connectivity index (χ1n) is 4.68. The summed E-state index contributed by atoms with van der Waals surface area (Å²) in [4.78, 5) is 6.95. The van der Waals surface area contributed by atoms with Crippen molar-refractivity contribution in [3.8, 4) is 0 Å². The molecule has 1 heterocycles. The zero-order valence-corrected chi connectivity index (χ0v) is 7.95. The van der Waals surface area contributed by atoms with Crippen LogP contribution in [-0.4, -0.2) is 27.7 Å². The highest BCUT2D eigenvalue weighted by molar-refractivity contribution is 4.93. The first-order valence-corrected chi connectivity index (χ1v) is 4.68. The number of aliphatic hydroxyl groups excluding tert-OH is 1. The lowest BCUT2D eigenvalue weighted by molar-refractivity contribution is 0.262. The monoisotopic (exact) mass is 183 g/mol. The Labute approximate surface area is 78.4 Å². The Morgan fingerprint density at radius 3 is 3.08 bits per heavy atom. The second-order valence-electron chi connectivity index (χ2n) is 3.08. The van der Waals surface area contributed by atoms with Crippen LogP contribution in [0.4, 0.5) is 0 Å². The molecule has 1 atom stereocenters. The fourth-order valence-corrected chi connectivity index (χ4v) is 1.24. The molecule has 1 rings (SSSR count). The average molecular weight is 183 g/mol. The molecule has 0 spiro atoms. The van der Waals surface area contributed by atoms with E-state index in [0.717, 1.165) is 25.1 Å². The Morgan fingerprint density at radius 1 is 1.69 bits per heavy atom. The van der Waals surface area contributed by atoms with Gasteiger partial charge in [0.05, 0.1) is 6.33 Å². The molecular weight excluding hydrogens is 166 g/mol. The molecule has 1 aromatic rings. The molecule has 0 fully saturated rings. The highest BCUT2D eigenvalue weighted by atomic mass is 16.3. The van der Waals surface area contributed by atoms with Crippen LogP contribution < -0.4 is 5.32 Å². The molecule has 74 valence electrons. The number of aromatic nitrogens is 2. The summed E-state index contributed by atoms with van der Waals surface area (Å²) in [6.07, 6.45) is 5.32. The molecule has 0 aromatic carbocycles. The van der Waals surface area contributed by atoms with Crippen molar-refractivity contribution < 1.29 is 5.11 Å². The van der Waals surface area contributed by atoms with E-state index in [2.05, 4.69) is 22.2 Å². The number of rotatable bonds is 6. The zero-order valence-electron chi connectivity index (χ0n) is 7.95. The molecule has 4 heteroatoms. The van der Waals surface area contributed by atoms with Crippen LogP contribution in [0.3, 0.4) is 0 Å². The largest absolute Gasteiger partial charge is 0.396 e. The van der Waals surface area contributed by atoms with E-state index < -0.39 is 0 Å². The van der Waals surface area contributed by atoms with E-state index in [4.69, 9.17) is 5.11 Å². The van der Waals surface area contributed by atoms with Crippen LogP contribution in [0.2, 0.25) is 0 Å². The van der Waals surface area contributed by atoms with Gasteiger partial charge in [-0.1, -0.05) is 6.92 Å². The highest BCUT2D eigenvalue weighted by Crippen LogP contribution is 1.98. The Hall–Kier alpha value is -0.870. The van der Waals surface area contributed by atoms with Crippen molar-refractivity contribution in [2.75, 3.05) is 6.61 Å². The molecule has 3 N–H and O–H groups in total. The van der Waals surface area contributed by atoms with Gasteiger partial charge in [0.1, 0.15) is 0 Å². The first kappa shape index (κ1) is 10.2. The lowest BCUT2D eigenvalue weighted by atomic mass is 10.1. The predicted octanol–water partition coefficient (Wildman–Crippen LogP) is 0.660. The topological polar surface area (TPSA) is 60.9 Å². The predicted molar refractivity (Wildman–Crippen MR) is 51.2 cm³/mol. The molecule has 1 unspecified atom stereocenters. The summed E-state index contributed by atoms with van der Waals surface area (Å²) in [5, 5.41) is 12.1. The molecule has 0 amide bonds. The second-order valence-corrected chi connectivity index (χ2v) is 3.08. The number of aliphatic hydroxyl groups is 1. The van der Waals surface area contributed by atoms with Crippen molar-refractivity contribution in [3.63, 3.8) is 0 Å². The molecule has 0 aliphatic rings. The van der Waals surface area contributed by atoms with Crippen LogP contribution in [0, 0.1) is 0 Å². The molecule has 0 aliphatic carbocycles. The zero-order chi connectivity index (χ0) is 9.52. The van der Waals surface area contributed by atoms with E-state index in [0.29, 0.717) is 6.04 Å². The lowest BCUT2D eigenvalue weighted by Gasteiger charge is -2.14. The average Bonchev–Trinajstić information content (AvgIpc) is 2.64. The SMILES string of the molecule is CCC(CCO)NCc1cnc[nH]1. The van der Waals surface area contributed by atoms with Gasteiger partial charge >= 0.3 is 0 Å². The molecule has 0 radical (unpaired) electrons. The van der Waals surface area contributed by atoms with Gasteiger partial charge in [-0.05, 0) is 12.8 Å². The second kappa shape index (κ2) is 5.72. The summed E-state index contributed by atoms with van der Waals surface area (Å²) in [5.74, 6) is 0. The van der Waals surface area contributed by atoms with Crippen molar-refractivity contribution in [3.05, 3.63) is 18.2 Å². The van der Waals surface area contributed by atoms with Crippen molar-refractivity contribution >= 4 is 0 Å². The third-order valence-electron chi connectivity index (χ3n) is 2.11. The van der Waals surface area contributed by atoms with Crippen LogP contribution in [0.15, 0.2) is 12.5 Å². The Morgan fingerprint density at radius 2 is 2.54 bits per heavy atom. The van der Waals surface area contributed by atoms with Gasteiger partial charge in [-0.25, -0.2) is 4.98 Å². The Balaban J connectivity index is 2.23. The van der Waals surface area contributed by atoms with Crippen LogP contribution in [-0.2, 0) is 6.54 Å². The van der Waals surface area contributed by atoms with Gasteiger partial charge in [0.15, 0.2) is 0 Å². The number of nitrogens with zero attached hydrogens (tertiary/aromatic N) is 1. The molecular formula is C9H17N3O. The number of nitrogens with one attached hydrogen (secondary N) is 2. The van der Waals surface area contributed by atoms with Crippen LogP contribution in [0.5, 0.6) is 0 Å². The number of imidazole rings is 1. The van der Waals surface area contributed by atoms with Crippen LogP contribution >= 0.6 is 0 Å². The molecule has 1 aromatic heterocycles. The van der Waals surface area contributed by atoms with Gasteiger partial charge in [-0.15, -0.1) is 0 Å². The van der Waals surface area contributed by atoms with Gasteiger partial charge in [-0.2, -0.15) is 0 Å². The maximum Gasteiger partial charge on any atom is 0.0922 e. The first-order chi connectivity index (χ1) is 6.36. The summed E-state index contributed by atoms with van der Waals surface area (Å²) < 4.78 is 0. The van der Waals surface area contributed by atoms with E-state index in [1.54, 1.807) is 12.5 Å². The molecule has 0 bridgehead atoms. The Bertz CT molecular complexity index is 211. The van der Waals surface area contributed by atoms with Crippen molar-refractivity contribution in [1.82, 2.24) is 15.3 Å². The number of hydrogen-bond donors (Lipinski definition) is 3. The maximum atomic E-state index is 8.76. The maximum absolute atomic E-state index is 8.76. The van der Waals surface area contributed by atoms with Crippen LogP contribution in [0.25, 0.3) is 0 Å². The number of H-pyrrole nitrogens is 1. The van der Waals surface area contributed by atoms with E-state index in [9.17, 15) is 0 Å². The standard InChI is InChI=1S/C9H17N3O/c1-2-8(3-4-13)11-6-9-5-10-7-12-9/h5,7-8,11,13H,2-4,6H2,1H3,(H,10,12). The van der Waals surface area contributed by atoms with E-state index >= 15 is 0 Å². The summed E-state index contributed by atoms with van der Waals surface area (Å²) >= 11 is 0.